The van der Waals surface area contributed by atoms with Crippen molar-refractivity contribution in [3.8, 4) is 5.75 Å². The normalized spacial score (nSPS) is 12.4. The van der Waals surface area contributed by atoms with Gasteiger partial charge in [0.1, 0.15) is 11.9 Å². The average molecular weight is 297 g/mol. The summed E-state index contributed by atoms with van der Waals surface area (Å²) in [6.45, 7) is 0.387. The molecule has 90 valence electrons. The van der Waals surface area contributed by atoms with E-state index in [1.165, 1.54) is 0 Å². The molecule has 2 heterocycles. The van der Waals surface area contributed by atoms with Gasteiger partial charge < -0.3 is 10.5 Å². The number of nitrogens with zero attached hydrogens (tertiary/aromatic N) is 3. The summed E-state index contributed by atoms with van der Waals surface area (Å²) in [6.07, 6.45) is 6.80. The van der Waals surface area contributed by atoms with Gasteiger partial charge in [-0.05, 0) is 22.0 Å². The van der Waals surface area contributed by atoms with Gasteiger partial charge in [0, 0.05) is 36.0 Å². The molecule has 2 aromatic rings. The van der Waals surface area contributed by atoms with Crippen molar-refractivity contribution in [3.63, 3.8) is 0 Å². The molecule has 0 amide bonds. The summed E-state index contributed by atoms with van der Waals surface area (Å²) in [5.41, 5.74) is 6.66. The summed E-state index contributed by atoms with van der Waals surface area (Å²) < 4.78 is 8.37. The molecule has 0 saturated carbocycles. The number of rotatable bonds is 4. The van der Waals surface area contributed by atoms with Crippen LogP contribution in [0.2, 0.25) is 0 Å². The number of ether oxygens (including phenoxy) is 1. The van der Waals surface area contributed by atoms with Crippen LogP contribution in [0.25, 0.3) is 0 Å². The first-order valence-electron chi connectivity index (χ1n) is 5.15. The third kappa shape index (κ3) is 3.04. The van der Waals surface area contributed by atoms with Crippen LogP contribution in [-0.2, 0) is 7.05 Å². The lowest BCUT2D eigenvalue weighted by molar-refractivity contribution is 0.213. The van der Waals surface area contributed by atoms with Crippen molar-refractivity contribution < 1.29 is 4.74 Å². The molecule has 0 aliphatic heterocycles. The van der Waals surface area contributed by atoms with E-state index in [1.54, 1.807) is 23.3 Å². The highest BCUT2D eigenvalue weighted by molar-refractivity contribution is 9.10. The summed E-state index contributed by atoms with van der Waals surface area (Å²) in [4.78, 5) is 4.04. The third-order valence-corrected chi connectivity index (χ3v) is 2.70. The molecular formula is C11H13BrN4O. The van der Waals surface area contributed by atoms with Gasteiger partial charge in [-0.15, -0.1) is 0 Å². The Morgan fingerprint density at radius 3 is 2.88 bits per heavy atom. The maximum atomic E-state index is 5.77. The van der Waals surface area contributed by atoms with Gasteiger partial charge in [-0.1, -0.05) is 0 Å². The van der Waals surface area contributed by atoms with Crippen molar-refractivity contribution >= 4 is 15.9 Å². The maximum absolute atomic E-state index is 5.77. The first kappa shape index (κ1) is 12.1. The third-order valence-electron chi connectivity index (χ3n) is 2.27. The van der Waals surface area contributed by atoms with E-state index in [9.17, 15) is 0 Å². The number of halogens is 1. The fraction of sp³-hybridized carbons (Fsp3) is 0.273. The van der Waals surface area contributed by atoms with E-state index in [2.05, 4.69) is 26.0 Å². The van der Waals surface area contributed by atoms with Crippen LogP contribution < -0.4 is 10.5 Å². The molecule has 0 fully saturated rings. The number of nitrogens with two attached hydrogens (primary N) is 1. The SMILES string of the molecule is Cn1cc(C(CN)Oc2cncc(Br)c2)cn1. The predicted octanol–water partition coefficient (Wildman–Crippen LogP) is 1.66. The van der Waals surface area contributed by atoms with E-state index in [1.807, 2.05) is 19.3 Å². The molecule has 6 heteroatoms. The second kappa shape index (κ2) is 5.29. The quantitative estimate of drug-likeness (QED) is 0.932. The molecule has 2 N–H and O–H groups in total. The van der Waals surface area contributed by atoms with E-state index in [0.29, 0.717) is 12.3 Å². The first-order chi connectivity index (χ1) is 8.19. The summed E-state index contributed by atoms with van der Waals surface area (Å²) in [6, 6.07) is 1.85. The Hall–Kier alpha value is -1.40. The Balaban J connectivity index is 2.15. The highest BCUT2D eigenvalue weighted by Crippen LogP contribution is 2.22. The standard InChI is InChI=1S/C11H13BrN4O/c1-16-7-8(4-15-16)11(3-13)17-10-2-9(12)5-14-6-10/h2,4-7,11H,3,13H2,1H3. The fourth-order valence-electron chi connectivity index (χ4n) is 1.48. The highest BCUT2D eigenvalue weighted by atomic mass is 79.9. The second-order valence-electron chi connectivity index (χ2n) is 3.63. The Morgan fingerprint density at radius 1 is 1.47 bits per heavy atom. The van der Waals surface area contributed by atoms with Crippen LogP contribution in [0.15, 0.2) is 35.3 Å². The average Bonchev–Trinajstić information content (AvgIpc) is 2.73. The predicted molar refractivity (Wildman–Crippen MR) is 67.6 cm³/mol. The molecule has 0 radical (unpaired) electrons. The Labute approximate surface area is 108 Å². The summed E-state index contributed by atoms with van der Waals surface area (Å²) in [5.74, 6) is 0.679. The van der Waals surface area contributed by atoms with Crippen LogP contribution in [0.1, 0.15) is 11.7 Å². The molecule has 5 nitrogen and oxygen atoms in total. The minimum absolute atomic E-state index is 0.209. The molecule has 0 bridgehead atoms. The van der Waals surface area contributed by atoms with Gasteiger partial charge in [0.2, 0.25) is 0 Å². The summed E-state index contributed by atoms with van der Waals surface area (Å²) >= 11 is 3.34. The summed E-state index contributed by atoms with van der Waals surface area (Å²) in [7, 11) is 1.86. The zero-order chi connectivity index (χ0) is 12.3. The molecule has 2 aromatic heterocycles. The lowest BCUT2D eigenvalue weighted by Gasteiger charge is -2.15. The Bertz CT molecular complexity index is 500. The lowest BCUT2D eigenvalue weighted by Crippen LogP contribution is -2.18. The van der Waals surface area contributed by atoms with Gasteiger partial charge in [-0.25, -0.2) is 0 Å². The van der Waals surface area contributed by atoms with E-state index < -0.39 is 0 Å². The first-order valence-corrected chi connectivity index (χ1v) is 5.94. The summed E-state index contributed by atoms with van der Waals surface area (Å²) in [5, 5.41) is 4.10. The van der Waals surface area contributed by atoms with Gasteiger partial charge in [-0.2, -0.15) is 5.10 Å². The molecule has 0 aliphatic rings. The lowest BCUT2D eigenvalue weighted by atomic mass is 10.2. The zero-order valence-corrected chi connectivity index (χ0v) is 11.0. The van der Waals surface area contributed by atoms with Crippen molar-refractivity contribution in [1.29, 1.82) is 0 Å². The van der Waals surface area contributed by atoms with Crippen LogP contribution >= 0.6 is 15.9 Å². The molecule has 17 heavy (non-hydrogen) atoms. The zero-order valence-electron chi connectivity index (χ0n) is 9.38. The molecule has 1 unspecified atom stereocenters. The molecule has 0 aliphatic carbocycles. The maximum Gasteiger partial charge on any atom is 0.139 e. The van der Waals surface area contributed by atoms with Gasteiger partial charge in [0.25, 0.3) is 0 Å². The van der Waals surface area contributed by atoms with Crippen molar-refractivity contribution in [2.45, 2.75) is 6.10 Å². The number of pyridine rings is 1. The molecule has 2 rings (SSSR count). The smallest absolute Gasteiger partial charge is 0.139 e. The Morgan fingerprint density at radius 2 is 2.29 bits per heavy atom. The van der Waals surface area contributed by atoms with Crippen molar-refractivity contribution in [2.24, 2.45) is 12.8 Å². The van der Waals surface area contributed by atoms with Crippen LogP contribution in [-0.4, -0.2) is 21.3 Å². The van der Waals surface area contributed by atoms with Crippen molar-refractivity contribution in [3.05, 3.63) is 40.9 Å². The largest absolute Gasteiger partial charge is 0.483 e. The van der Waals surface area contributed by atoms with Crippen LogP contribution in [0.5, 0.6) is 5.75 Å². The number of aryl methyl sites for hydroxylation is 1. The van der Waals surface area contributed by atoms with Gasteiger partial charge >= 0.3 is 0 Å². The number of hydrogen-bond acceptors (Lipinski definition) is 4. The Kier molecular flexibility index (Phi) is 3.75. The number of aromatic nitrogens is 3. The van der Waals surface area contributed by atoms with Crippen molar-refractivity contribution in [2.75, 3.05) is 6.54 Å². The van der Waals surface area contributed by atoms with Crippen molar-refractivity contribution in [1.82, 2.24) is 14.8 Å². The molecule has 1 atom stereocenters. The van der Waals surface area contributed by atoms with Gasteiger partial charge in [0.15, 0.2) is 0 Å². The monoisotopic (exact) mass is 296 g/mol. The molecule has 0 saturated heterocycles. The second-order valence-corrected chi connectivity index (χ2v) is 4.54. The molecule has 0 aromatic carbocycles. The molecule has 0 spiro atoms. The fourth-order valence-corrected chi connectivity index (χ4v) is 1.82. The van der Waals surface area contributed by atoms with E-state index in [4.69, 9.17) is 10.5 Å². The van der Waals surface area contributed by atoms with Gasteiger partial charge in [0.05, 0.1) is 12.4 Å². The van der Waals surface area contributed by atoms with Crippen LogP contribution in [0.3, 0.4) is 0 Å². The minimum Gasteiger partial charge on any atom is -0.483 e. The van der Waals surface area contributed by atoms with E-state index >= 15 is 0 Å². The van der Waals surface area contributed by atoms with E-state index in [-0.39, 0.29) is 6.10 Å². The van der Waals surface area contributed by atoms with E-state index in [0.717, 1.165) is 10.0 Å². The minimum atomic E-state index is -0.209. The number of hydrogen-bond donors (Lipinski definition) is 1. The highest BCUT2D eigenvalue weighted by Gasteiger charge is 2.13. The topological polar surface area (TPSA) is 66.0 Å². The van der Waals surface area contributed by atoms with Crippen LogP contribution in [0, 0.1) is 0 Å². The molecular weight excluding hydrogens is 284 g/mol. The van der Waals surface area contributed by atoms with Gasteiger partial charge in [-0.3, -0.25) is 9.67 Å². The van der Waals surface area contributed by atoms with Crippen LogP contribution in [0.4, 0.5) is 0 Å².